The van der Waals surface area contributed by atoms with Gasteiger partial charge in [0.15, 0.2) is 0 Å². The third-order valence-corrected chi connectivity index (χ3v) is 1.53. The summed E-state index contributed by atoms with van der Waals surface area (Å²) in [5, 5.41) is 3.26. The van der Waals surface area contributed by atoms with Crippen LogP contribution in [0.5, 0.6) is 0 Å². The first-order valence-electron chi connectivity index (χ1n) is 4.06. The zero-order valence-corrected chi connectivity index (χ0v) is 7.29. The zero-order valence-electron chi connectivity index (χ0n) is 7.29. The Bertz CT molecular complexity index is 201. The maximum absolute atomic E-state index is 4.93. The molecule has 1 aromatic rings. The lowest BCUT2D eigenvalue weighted by atomic mass is 10.4. The predicted molar refractivity (Wildman–Crippen MR) is 49.2 cm³/mol. The molecule has 0 bridgehead atoms. The minimum Gasteiger partial charge on any atom is -0.385 e. The minimum absolute atomic E-state index is 0.804. The van der Waals surface area contributed by atoms with Crippen molar-refractivity contribution < 1.29 is 4.74 Å². The number of pyridine rings is 1. The van der Waals surface area contributed by atoms with Gasteiger partial charge in [0.05, 0.1) is 0 Å². The molecule has 0 spiro atoms. The van der Waals surface area contributed by atoms with Crippen molar-refractivity contribution in [2.75, 3.05) is 25.6 Å². The first-order valence-corrected chi connectivity index (χ1v) is 4.06. The van der Waals surface area contributed by atoms with Gasteiger partial charge in [-0.15, -0.1) is 0 Å². The largest absolute Gasteiger partial charge is 0.385 e. The van der Waals surface area contributed by atoms with Gasteiger partial charge in [0, 0.05) is 38.3 Å². The molecule has 0 saturated heterocycles. The van der Waals surface area contributed by atoms with Crippen molar-refractivity contribution in [1.29, 1.82) is 0 Å². The molecule has 1 heterocycles. The summed E-state index contributed by atoms with van der Waals surface area (Å²) in [7, 11) is 1.71. The van der Waals surface area contributed by atoms with Gasteiger partial charge in [-0.05, 0) is 18.6 Å². The highest BCUT2D eigenvalue weighted by Crippen LogP contribution is 2.02. The smallest absolute Gasteiger partial charge is 0.0479 e. The number of aromatic nitrogens is 1. The van der Waals surface area contributed by atoms with Gasteiger partial charge in [-0.25, -0.2) is 0 Å². The minimum atomic E-state index is 0.804. The molecule has 1 rings (SSSR count). The Morgan fingerprint density at radius 2 is 2.17 bits per heavy atom. The van der Waals surface area contributed by atoms with Crippen molar-refractivity contribution in [3.63, 3.8) is 0 Å². The summed E-state index contributed by atoms with van der Waals surface area (Å²) in [6.45, 7) is 1.75. The Labute approximate surface area is 72.8 Å². The highest BCUT2D eigenvalue weighted by atomic mass is 16.5. The molecular weight excluding hydrogens is 152 g/mol. The average molecular weight is 166 g/mol. The number of hydrogen-bond acceptors (Lipinski definition) is 3. The molecule has 0 amide bonds. The highest BCUT2D eigenvalue weighted by molar-refractivity contribution is 5.40. The standard InChI is InChI=1S/C9H14N2O/c1-12-8-2-5-11-9-3-6-10-7-4-9/h3-4,6-7H,2,5,8H2,1H3,(H,10,11). The summed E-state index contributed by atoms with van der Waals surface area (Å²) in [5.41, 5.74) is 1.11. The van der Waals surface area contributed by atoms with Crippen LogP contribution in [0.2, 0.25) is 0 Å². The van der Waals surface area contributed by atoms with Gasteiger partial charge in [-0.3, -0.25) is 4.98 Å². The normalized spacial score (nSPS) is 9.75. The third-order valence-electron chi connectivity index (χ3n) is 1.53. The Morgan fingerprint density at radius 3 is 2.83 bits per heavy atom. The van der Waals surface area contributed by atoms with E-state index in [1.54, 1.807) is 19.5 Å². The van der Waals surface area contributed by atoms with Crippen LogP contribution in [-0.4, -0.2) is 25.2 Å². The van der Waals surface area contributed by atoms with Gasteiger partial charge in [-0.2, -0.15) is 0 Å². The lowest BCUT2D eigenvalue weighted by molar-refractivity contribution is 0.198. The van der Waals surface area contributed by atoms with Crippen molar-refractivity contribution in [2.45, 2.75) is 6.42 Å². The molecule has 3 heteroatoms. The van der Waals surface area contributed by atoms with E-state index in [1.165, 1.54) is 0 Å². The number of methoxy groups -OCH3 is 1. The van der Waals surface area contributed by atoms with E-state index in [-0.39, 0.29) is 0 Å². The molecule has 0 aliphatic heterocycles. The summed E-state index contributed by atoms with van der Waals surface area (Å²) in [5.74, 6) is 0. The van der Waals surface area contributed by atoms with E-state index in [0.29, 0.717) is 0 Å². The Morgan fingerprint density at radius 1 is 1.42 bits per heavy atom. The molecule has 0 aliphatic rings. The molecule has 0 unspecified atom stereocenters. The van der Waals surface area contributed by atoms with E-state index in [0.717, 1.165) is 25.3 Å². The third kappa shape index (κ3) is 3.34. The van der Waals surface area contributed by atoms with Crippen LogP contribution in [-0.2, 0) is 4.74 Å². The van der Waals surface area contributed by atoms with E-state index >= 15 is 0 Å². The average Bonchev–Trinajstić information content (AvgIpc) is 2.14. The number of nitrogens with one attached hydrogen (secondary N) is 1. The van der Waals surface area contributed by atoms with Crippen molar-refractivity contribution in [3.8, 4) is 0 Å². The molecule has 0 atom stereocenters. The highest BCUT2D eigenvalue weighted by Gasteiger charge is 1.88. The van der Waals surface area contributed by atoms with Gasteiger partial charge in [0.1, 0.15) is 0 Å². The molecule has 1 aromatic heterocycles. The van der Waals surface area contributed by atoms with Gasteiger partial charge < -0.3 is 10.1 Å². The first kappa shape index (κ1) is 9.00. The van der Waals surface area contributed by atoms with Crippen LogP contribution in [0, 0.1) is 0 Å². The van der Waals surface area contributed by atoms with E-state index in [2.05, 4.69) is 10.3 Å². The summed E-state index contributed by atoms with van der Waals surface area (Å²) in [6, 6.07) is 3.90. The topological polar surface area (TPSA) is 34.1 Å². The molecule has 0 fully saturated rings. The lowest BCUT2D eigenvalue weighted by Crippen LogP contribution is -2.04. The molecule has 66 valence electrons. The van der Waals surface area contributed by atoms with Gasteiger partial charge in [0.25, 0.3) is 0 Å². The van der Waals surface area contributed by atoms with Crippen LogP contribution in [0.4, 0.5) is 5.69 Å². The van der Waals surface area contributed by atoms with Gasteiger partial charge >= 0.3 is 0 Å². The van der Waals surface area contributed by atoms with Crippen LogP contribution < -0.4 is 5.32 Å². The maximum atomic E-state index is 4.93. The Kier molecular flexibility index (Phi) is 4.16. The van der Waals surface area contributed by atoms with Gasteiger partial charge in [0.2, 0.25) is 0 Å². The van der Waals surface area contributed by atoms with Crippen LogP contribution in [0.15, 0.2) is 24.5 Å². The first-order chi connectivity index (χ1) is 5.93. The quantitative estimate of drug-likeness (QED) is 0.673. The summed E-state index contributed by atoms with van der Waals surface area (Å²) < 4.78 is 4.93. The molecule has 0 aromatic carbocycles. The van der Waals surface area contributed by atoms with Crippen molar-refractivity contribution in [3.05, 3.63) is 24.5 Å². The molecule has 0 radical (unpaired) electrons. The number of ether oxygens (including phenoxy) is 1. The number of anilines is 1. The lowest BCUT2D eigenvalue weighted by Gasteiger charge is -2.04. The van der Waals surface area contributed by atoms with E-state index in [1.807, 2.05) is 12.1 Å². The number of hydrogen-bond donors (Lipinski definition) is 1. The second-order valence-corrected chi connectivity index (χ2v) is 2.51. The van der Waals surface area contributed by atoms with Crippen LogP contribution in [0.3, 0.4) is 0 Å². The molecular formula is C9H14N2O. The predicted octanol–water partition coefficient (Wildman–Crippen LogP) is 1.53. The second-order valence-electron chi connectivity index (χ2n) is 2.51. The van der Waals surface area contributed by atoms with Crippen molar-refractivity contribution >= 4 is 5.69 Å². The fourth-order valence-electron chi connectivity index (χ4n) is 0.919. The monoisotopic (exact) mass is 166 g/mol. The molecule has 3 nitrogen and oxygen atoms in total. The molecule has 0 aliphatic carbocycles. The summed E-state index contributed by atoms with van der Waals surface area (Å²) in [6.07, 6.45) is 4.58. The van der Waals surface area contributed by atoms with E-state index < -0.39 is 0 Å². The van der Waals surface area contributed by atoms with Crippen molar-refractivity contribution in [1.82, 2.24) is 4.98 Å². The zero-order chi connectivity index (χ0) is 8.65. The van der Waals surface area contributed by atoms with Crippen LogP contribution >= 0.6 is 0 Å². The SMILES string of the molecule is COCCCNc1ccncc1. The number of nitrogens with zero attached hydrogens (tertiary/aromatic N) is 1. The van der Waals surface area contributed by atoms with Gasteiger partial charge in [-0.1, -0.05) is 0 Å². The fourth-order valence-corrected chi connectivity index (χ4v) is 0.919. The van der Waals surface area contributed by atoms with Crippen LogP contribution in [0.1, 0.15) is 6.42 Å². The van der Waals surface area contributed by atoms with Crippen molar-refractivity contribution in [2.24, 2.45) is 0 Å². The van der Waals surface area contributed by atoms with E-state index in [9.17, 15) is 0 Å². The maximum Gasteiger partial charge on any atom is 0.0479 e. The number of rotatable bonds is 5. The fraction of sp³-hybridized carbons (Fsp3) is 0.444. The second kappa shape index (κ2) is 5.55. The molecule has 0 saturated carbocycles. The van der Waals surface area contributed by atoms with E-state index in [4.69, 9.17) is 4.74 Å². The molecule has 1 N–H and O–H groups in total. The molecule has 12 heavy (non-hydrogen) atoms. The Balaban J connectivity index is 2.16. The van der Waals surface area contributed by atoms with Crippen LogP contribution in [0.25, 0.3) is 0 Å². The summed E-state index contributed by atoms with van der Waals surface area (Å²) in [4.78, 5) is 3.93. The summed E-state index contributed by atoms with van der Waals surface area (Å²) >= 11 is 0. The Hall–Kier alpha value is -1.09.